The first-order valence-corrected chi connectivity index (χ1v) is 25.6. The largest absolute Gasteiger partial charge is 0.478 e. The van der Waals surface area contributed by atoms with Crippen LogP contribution in [-0.2, 0) is 41.6 Å². The van der Waals surface area contributed by atoms with Gasteiger partial charge in [-0.1, -0.05) is 12.1 Å². The highest BCUT2D eigenvalue weighted by molar-refractivity contribution is 6.17. The van der Waals surface area contributed by atoms with Gasteiger partial charge in [0, 0.05) is 135 Å². The molecule has 0 aromatic heterocycles. The van der Waals surface area contributed by atoms with Crippen LogP contribution in [0.15, 0.2) is 77.8 Å². The highest BCUT2D eigenvalue weighted by Gasteiger charge is 2.47. The van der Waals surface area contributed by atoms with E-state index in [2.05, 4.69) is 15.2 Å². The SMILES string of the molecule is CC(=O)N1CCN(c2ccc(C(=O)NC3=NCc4ccc(Cc5cc(F)cc(F)c5)cc43)c(N(C(C)=O)C3CCOCC3)c2)CC1.CC(=O)N1CCN(c2ccc(C(=O)O)c(N(C(=O)C(F)(F)F)C3CCOCC3)c2)CC1. The summed E-state index contributed by atoms with van der Waals surface area (Å²) in [6.07, 6.45) is -3.20. The number of benzene rings is 4. The molecule has 4 aromatic carbocycles. The second-order valence-corrected chi connectivity index (χ2v) is 19.5. The Labute approximate surface area is 442 Å². The number of carbonyl (C=O) groups excluding carboxylic acids is 5. The molecule has 4 fully saturated rings. The van der Waals surface area contributed by atoms with Crippen LogP contribution in [0, 0.1) is 11.6 Å². The Balaban J connectivity index is 0.000000221. The first-order valence-electron chi connectivity index (χ1n) is 25.6. The van der Waals surface area contributed by atoms with Gasteiger partial charge in [0.2, 0.25) is 17.7 Å². The fourth-order valence-corrected chi connectivity index (χ4v) is 10.5. The Morgan fingerprint density at radius 2 is 1.13 bits per heavy atom. The van der Waals surface area contributed by atoms with Crippen molar-refractivity contribution in [2.24, 2.45) is 4.99 Å². The van der Waals surface area contributed by atoms with Gasteiger partial charge in [-0.05, 0) is 103 Å². The number of amides is 5. The van der Waals surface area contributed by atoms with Gasteiger partial charge in [-0.15, -0.1) is 0 Å². The Morgan fingerprint density at radius 1 is 0.636 bits per heavy atom. The van der Waals surface area contributed by atoms with Crippen LogP contribution < -0.4 is 24.9 Å². The number of hydrogen-bond acceptors (Lipinski definition) is 11. The van der Waals surface area contributed by atoms with E-state index in [1.807, 2.05) is 40.1 Å². The average Bonchev–Trinajstić information content (AvgIpc) is 3.80. The number of rotatable bonds is 10. The van der Waals surface area contributed by atoms with Crippen molar-refractivity contribution in [1.82, 2.24) is 15.1 Å². The minimum atomic E-state index is -5.16. The highest BCUT2D eigenvalue weighted by Crippen LogP contribution is 2.36. The molecule has 5 amide bonds. The summed E-state index contributed by atoms with van der Waals surface area (Å²) in [7, 11) is 0. The lowest BCUT2D eigenvalue weighted by Crippen LogP contribution is -2.50. The zero-order chi connectivity index (χ0) is 55.1. The maximum Gasteiger partial charge on any atom is 0.471 e. The topological polar surface area (TPSA) is 185 Å². The number of halogens is 5. The van der Waals surface area contributed by atoms with Crippen LogP contribution in [0.4, 0.5) is 44.7 Å². The number of carbonyl (C=O) groups is 6. The van der Waals surface area contributed by atoms with Gasteiger partial charge in [0.05, 0.1) is 29.0 Å². The predicted molar refractivity (Wildman–Crippen MR) is 276 cm³/mol. The number of aromatic carboxylic acids is 1. The number of carboxylic acids is 1. The summed E-state index contributed by atoms with van der Waals surface area (Å²) in [5.41, 5.74) is 4.57. The maximum atomic E-state index is 14.0. The van der Waals surface area contributed by atoms with E-state index in [-0.39, 0.29) is 61.1 Å². The number of nitrogens with one attached hydrogen (secondary N) is 1. The van der Waals surface area contributed by atoms with Crippen molar-refractivity contribution in [2.75, 3.05) is 98.4 Å². The van der Waals surface area contributed by atoms with E-state index >= 15 is 0 Å². The van der Waals surface area contributed by atoms with Gasteiger partial charge in [0.15, 0.2) is 0 Å². The third kappa shape index (κ3) is 13.4. The predicted octanol–water partition coefficient (Wildman–Crippen LogP) is 6.57. The van der Waals surface area contributed by atoms with E-state index in [0.29, 0.717) is 125 Å². The normalized spacial score (nSPS) is 17.2. The lowest BCUT2D eigenvalue weighted by atomic mass is 9.99. The summed E-state index contributed by atoms with van der Waals surface area (Å²) in [5.74, 6) is -4.97. The fraction of sp³-hybridized carbons (Fsp3) is 0.436. The number of amidine groups is 1. The Morgan fingerprint density at radius 3 is 1.61 bits per heavy atom. The molecular formula is C55H61F5N8O9. The fourth-order valence-electron chi connectivity index (χ4n) is 10.5. The number of alkyl halides is 3. The summed E-state index contributed by atoms with van der Waals surface area (Å²) in [6, 6.07) is 17.8. The van der Waals surface area contributed by atoms with E-state index < -0.39 is 41.6 Å². The molecule has 0 saturated carbocycles. The monoisotopic (exact) mass is 1070 g/mol. The molecule has 5 aliphatic heterocycles. The molecule has 4 aromatic rings. The Bertz CT molecular complexity index is 2890. The summed E-state index contributed by atoms with van der Waals surface area (Å²) in [4.78, 5) is 89.1. The van der Waals surface area contributed by atoms with Gasteiger partial charge in [-0.25, -0.2) is 13.6 Å². The van der Waals surface area contributed by atoms with Crippen molar-refractivity contribution in [1.29, 1.82) is 0 Å². The quantitative estimate of drug-likeness (QED) is 0.164. The van der Waals surface area contributed by atoms with Crippen molar-refractivity contribution >= 4 is 64.1 Å². The van der Waals surface area contributed by atoms with Gasteiger partial charge < -0.3 is 49.3 Å². The Kier molecular flexibility index (Phi) is 17.6. The molecule has 0 spiro atoms. The van der Waals surface area contributed by atoms with Gasteiger partial charge in [-0.2, -0.15) is 13.2 Å². The molecule has 2 N–H and O–H groups in total. The number of aliphatic imine (C=N–C) groups is 1. The molecule has 0 radical (unpaired) electrons. The van der Waals surface area contributed by atoms with E-state index in [4.69, 9.17) is 9.47 Å². The van der Waals surface area contributed by atoms with Crippen LogP contribution in [0.3, 0.4) is 0 Å². The molecule has 0 aliphatic carbocycles. The zero-order valence-electron chi connectivity index (χ0n) is 43.0. The minimum absolute atomic E-state index is 0.0426. The molecular weight excluding hydrogens is 1010 g/mol. The molecule has 22 heteroatoms. The third-order valence-corrected chi connectivity index (χ3v) is 14.4. The van der Waals surface area contributed by atoms with E-state index in [1.54, 1.807) is 22.8 Å². The minimum Gasteiger partial charge on any atom is -0.478 e. The van der Waals surface area contributed by atoms with Gasteiger partial charge in [0.1, 0.15) is 17.5 Å². The molecule has 4 saturated heterocycles. The highest BCUT2D eigenvalue weighted by atomic mass is 19.4. The molecule has 0 unspecified atom stereocenters. The van der Waals surface area contributed by atoms with Gasteiger partial charge >= 0.3 is 18.1 Å². The zero-order valence-corrected chi connectivity index (χ0v) is 43.0. The molecule has 0 bridgehead atoms. The van der Waals surface area contributed by atoms with Gasteiger partial charge in [0.25, 0.3) is 5.91 Å². The van der Waals surface area contributed by atoms with E-state index in [9.17, 15) is 55.8 Å². The number of hydrogen-bond donors (Lipinski definition) is 2. The number of fused-ring (bicyclic) bond motifs is 1. The van der Waals surface area contributed by atoms with E-state index in [0.717, 1.165) is 28.4 Å². The molecule has 0 atom stereocenters. The number of ether oxygens (including phenoxy) is 2. The summed E-state index contributed by atoms with van der Waals surface area (Å²) in [5, 5.41) is 12.6. The van der Waals surface area contributed by atoms with Crippen molar-refractivity contribution in [3.8, 4) is 0 Å². The molecule has 9 rings (SSSR count). The second kappa shape index (κ2) is 24.3. The summed E-state index contributed by atoms with van der Waals surface area (Å²) < 4.78 is 78.6. The first-order chi connectivity index (χ1) is 36.7. The number of piperazine rings is 2. The van der Waals surface area contributed by atoms with Crippen molar-refractivity contribution in [3.05, 3.63) is 118 Å². The van der Waals surface area contributed by atoms with Crippen LogP contribution in [0.25, 0.3) is 0 Å². The summed E-state index contributed by atoms with van der Waals surface area (Å²) in [6.45, 7) is 10.6. The lowest BCUT2D eigenvalue weighted by Gasteiger charge is -2.38. The average molecular weight is 1070 g/mol. The standard InChI is InChI=1S/C35H37F2N5O4.C20H24F3N3O5/c1-22(43)40-9-11-41(12-10-40)30-5-6-31(33(20-30)42(23(2)44)29-7-13-46-14-8-29)35(45)39-34-32-18-24(3-4-26(32)21-38-34)15-25-16-27(36)19-28(37)17-25;1-13(27)24-6-8-25(9-7-24)15-2-3-16(18(28)29)17(12-15)26(19(30)20(21,22)23)14-4-10-31-11-5-14/h3-6,16-20,29H,7-15,21H2,1-2H3,(H,38,39,45);2-3,12,14H,4-11H2,1H3,(H,28,29). The molecule has 5 aliphatic rings. The second-order valence-electron chi connectivity index (χ2n) is 19.5. The van der Waals surface area contributed by atoms with Crippen molar-refractivity contribution in [3.63, 3.8) is 0 Å². The number of anilines is 4. The van der Waals surface area contributed by atoms with Crippen LogP contribution >= 0.6 is 0 Å². The number of nitrogens with zero attached hydrogens (tertiary/aromatic N) is 7. The van der Waals surface area contributed by atoms with Crippen LogP contribution in [0.2, 0.25) is 0 Å². The third-order valence-electron chi connectivity index (χ3n) is 14.4. The van der Waals surface area contributed by atoms with Crippen LogP contribution in [0.5, 0.6) is 0 Å². The van der Waals surface area contributed by atoms with Gasteiger partial charge in [-0.3, -0.25) is 29.0 Å². The van der Waals surface area contributed by atoms with Crippen LogP contribution in [0.1, 0.15) is 89.4 Å². The molecule has 77 heavy (non-hydrogen) atoms. The number of carboxylic acid groups (broad SMARTS) is 1. The Hall–Kier alpha value is -7.46. The smallest absolute Gasteiger partial charge is 0.471 e. The lowest BCUT2D eigenvalue weighted by molar-refractivity contribution is -0.171. The summed E-state index contributed by atoms with van der Waals surface area (Å²) >= 11 is 0. The molecule has 5 heterocycles. The van der Waals surface area contributed by atoms with E-state index in [1.165, 1.54) is 44.2 Å². The first kappa shape index (κ1) is 55.8. The molecule has 410 valence electrons. The van der Waals surface area contributed by atoms with Crippen molar-refractivity contribution < 1.29 is 65.3 Å². The van der Waals surface area contributed by atoms with Crippen molar-refractivity contribution in [2.45, 2.75) is 77.7 Å². The maximum absolute atomic E-state index is 14.0. The molecule has 17 nitrogen and oxygen atoms in total. The van der Waals surface area contributed by atoms with Crippen LogP contribution in [-0.4, -0.2) is 153 Å².